The van der Waals surface area contributed by atoms with E-state index >= 15 is 0 Å². The maximum Gasteiger partial charge on any atom is 0.225 e. The van der Waals surface area contributed by atoms with Crippen LogP contribution in [0.2, 0.25) is 0 Å². The number of nitrogens with zero attached hydrogens (tertiary/aromatic N) is 6. The Hall–Kier alpha value is -1.99. The van der Waals surface area contributed by atoms with E-state index in [1.807, 2.05) is 24.1 Å². The molecule has 3 atom stereocenters. The fraction of sp³-hybridized carbons (Fsp3) is 0.632. The van der Waals surface area contributed by atoms with Gasteiger partial charge in [-0.1, -0.05) is 0 Å². The molecule has 5 rings (SSSR count). The van der Waals surface area contributed by atoms with Gasteiger partial charge in [0.25, 0.3) is 0 Å². The van der Waals surface area contributed by atoms with Crippen LogP contribution in [-0.4, -0.2) is 55.0 Å². The molecule has 138 valence electrons. The molecule has 1 N–H and O–H groups in total. The molecule has 7 nitrogen and oxygen atoms in total. The maximum absolute atomic E-state index is 9.94. The first-order valence-corrected chi connectivity index (χ1v) is 9.70. The minimum atomic E-state index is -0.256. The van der Waals surface area contributed by atoms with Crippen molar-refractivity contribution in [2.75, 3.05) is 18.0 Å². The number of hydrogen-bond donors (Lipinski definition) is 1. The van der Waals surface area contributed by atoms with Crippen LogP contribution in [0.1, 0.15) is 48.7 Å². The SMILES string of the molecule is Cn1nccc1CN1C2CCC1c1cnc(N3CCCC(O)C3)nc1C2. The van der Waals surface area contributed by atoms with Crippen LogP contribution in [0.25, 0.3) is 0 Å². The second-order valence-corrected chi connectivity index (χ2v) is 7.88. The highest BCUT2D eigenvalue weighted by Gasteiger charge is 2.41. The Morgan fingerprint density at radius 2 is 2.19 bits per heavy atom. The monoisotopic (exact) mass is 354 g/mol. The highest BCUT2D eigenvalue weighted by atomic mass is 16.3. The second-order valence-electron chi connectivity index (χ2n) is 7.88. The smallest absolute Gasteiger partial charge is 0.225 e. The fourth-order valence-corrected chi connectivity index (χ4v) is 4.84. The van der Waals surface area contributed by atoms with Crippen LogP contribution in [0.4, 0.5) is 5.95 Å². The number of β-amino-alcohol motifs (C(OH)–C–C–N with tert-alkyl or cyclic N) is 1. The molecule has 7 heteroatoms. The van der Waals surface area contributed by atoms with Gasteiger partial charge in [-0.15, -0.1) is 0 Å². The number of aliphatic hydroxyl groups excluding tert-OH is 1. The summed E-state index contributed by atoms with van der Waals surface area (Å²) in [6.45, 7) is 2.53. The van der Waals surface area contributed by atoms with E-state index in [0.717, 1.165) is 38.3 Å². The molecule has 0 radical (unpaired) electrons. The first-order valence-electron chi connectivity index (χ1n) is 9.70. The molecule has 5 heterocycles. The molecule has 2 bridgehead atoms. The molecule has 0 aliphatic carbocycles. The van der Waals surface area contributed by atoms with E-state index in [4.69, 9.17) is 4.98 Å². The van der Waals surface area contributed by atoms with E-state index in [1.54, 1.807) is 0 Å². The molecule has 0 saturated carbocycles. The number of aryl methyl sites for hydroxylation is 1. The van der Waals surface area contributed by atoms with Crippen molar-refractivity contribution in [2.24, 2.45) is 7.05 Å². The third kappa shape index (κ3) is 2.70. The summed E-state index contributed by atoms with van der Waals surface area (Å²) in [6, 6.07) is 3.08. The molecule has 3 aliphatic heterocycles. The van der Waals surface area contributed by atoms with Gasteiger partial charge in [0.1, 0.15) is 0 Å². The summed E-state index contributed by atoms with van der Waals surface area (Å²) in [5.41, 5.74) is 3.76. The van der Waals surface area contributed by atoms with Crippen LogP contribution in [0.3, 0.4) is 0 Å². The molecule has 3 unspecified atom stereocenters. The van der Waals surface area contributed by atoms with Crippen molar-refractivity contribution >= 4 is 5.95 Å². The Balaban J connectivity index is 1.40. The van der Waals surface area contributed by atoms with Crippen molar-refractivity contribution in [3.05, 3.63) is 35.4 Å². The van der Waals surface area contributed by atoms with Crippen LogP contribution in [-0.2, 0) is 20.0 Å². The van der Waals surface area contributed by atoms with Crippen LogP contribution >= 0.6 is 0 Å². The molecule has 2 fully saturated rings. The Labute approximate surface area is 153 Å². The zero-order chi connectivity index (χ0) is 17.7. The predicted molar refractivity (Wildman–Crippen MR) is 97.7 cm³/mol. The third-order valence-corrected chi connectivity index (χ3v) is 6.26. The van der Waals surface area contributed by atoms with Gasteiger partial charge >= 0.3 is 0 Å². The van der Waals surface area contributed by atoms with Gasteiger partial charge < -0.3 is 10.0 Å². The van der Waals surface area contributed by atoms with Gasteiger partial charge in [-0.3, -0.25) is 9.58 Å². The lowest BCUT2D eigenvalue weighted by atomic mass is 9.99. The van der Waals surface area contributed by atoms with Crippen molar-refractivity contribution < 1.29 is 5.11 Å². The normalized spacial score (nSPS) is 28.4. The second kappa shape index (κ2) is 6.32. The third-order valence-electron chi connectivity index (χ3n) is 6.26. The summed E-state index contributed by atoms with van der Waals surface area (Å²) < 4.78 is 1.97. The Morgan fingerprint density at radius 3 is 3.00 bits per heavy atom. The maximum atomic E-state index is 9.94. The summed E-state index contributed by atoms with van der Waals surface area (Å²) in [5, 5.41) is 14.2. The average molecular weight is 354 g/mol. The van der Waals surface area contributed by atoms with Crippen LogP contribution < -0.4 is 4.90 Å². The summed E-state index contributed by atoms with van der Waals surface area (Å²) >= 11 is 0. The van der Waals surface area contributed by atoms with Gasteiger partial charge in [-0.25, -0.2) is 9.97 Å². The van der Waals surface area contributed by atoms with Crippen LogP contribution in [0, 0.1) is 0 Å². The van der Waals surface area contributed by atoms with Crippen molar-refractivity contribution in [2.45, 2.75) is 56.8 Å². The van der Waals surface area contributed by atoms with E-state index in [-0.39, 0.29) is 6.10 Å². The fourth-order valence-electron chi connectivity index (χ4n) is 4.84. The molecular formula is C19H26N6O. The number of piperidine rings is 1. The number of hydrogen-bond acceptors (Lipinski definition) is 6. The van der Waals surface area contributed by atoms with E-state index in [1.165, 1.54) is 29.8 Å². The minimum absolute atomic E-state index is 0.256. The topological polar surface area (TPSA) is 70.3 Å². The summed E-state index contributed by atoms with van der Waals surface area (Å²) in [5.74, 6) is 0.794. The first-order chi connectivity index (χ1) is 12.7. The standard InChI is InChI=1S/C19H26N6O/c1-23-14(6-7-21-23)11-25-13-4-5-18(25)16-10-20-19(22-17(16)9-13)24-8-2-3-15(26)12-24/h6-7,10,13,15,18,26H,2-5,8-9,11-12H2,1H3. The van der Waals surface area contributed by atoms with Crippen molar-refractivity contribution in [3.63, 3.8) is 0 Å². The Bertz CT molecular complexity index is 805. The van der Waals surface area contributed by atoms with Crippen LogP contribution in [0.15, 0.2) is 18.5 Å². The predicted octanol–water partition coefficient (Wildman–Crippen LogP) is 1.43. The molecule has 0 aromatic carbocycles. The van der Waals surface area contributed by atoms with Crippen LogP contribution in [0.5, 0.6) is 0 Å². The quantitative estimate of drug-likeness (QED) is 0.899. The minimum Gasteiger partial charge on any atom is -0.391 e. The number of fused-ring (bicyclic) bond motifs is 4. The average Bonchev–Trinajstić information content (AvgIpc) is 3.17. The molecule has 2 aromatic rings. The van der Waals surface area contributed by atoms with E-state index < -0.39 is 0 Å². The van der Waals surface area contributed by atoms with Crippen molar-refractivity contribution in [3.8, 4) is 0 Å². The van der Waals surface area contributed by atoms with Crippen molar-refractivity contribution in [1.82, 2.24) is 24.6 Å². The lowest BCUT2D eigenvalue weighted by Gasteiger charge is -2.36. The number of aliphatic hydroxyl groups is 1. The van der Waals surface area contributed by atoms with Gasteiger partial charge in [0.15, 0.2) is 0 Å². The van der Waals surface area contributed by atoms with E-state index in [0.29, 0.717) is 18.6 Å². The molecule has 0 amide bonds. The summed E-state index contributed by atoms with van der Waals surface area (Å²) in [7, 11) is 2.01. The lowest BCUT2D eigenvalue weighted by Crippen LogP contribution is -2.41. The highest BCUT2D eigenvalue weighted by Crippen LogP contribution is 2.44. The summed E-state index contributed by atoms with van der Waals surface area (Å²) in [6.07, 6.45) is 8.94. The zero-order valence-electron chi connectivity index (χ0n) is 15.3. The lowest BCUT2D eigenvalue weighted by molar-refractivity contribution is 0.152. The Morgan fingerprint density at radius 1 is 1.27 bits per heavy atom. The number of rotatable bonds is 3. The Kier molecular flexibility index (Phi) is 3.94. The molecular weight excluding hydrogens is 328 g/mol. The first kappa shape index (κ1) is 16.2. The molecule has 2 saturated heterocycles. The zero-order valence-corrected chi connectivity index (χ0v) is 15.3. The molecule has 0 spiro atoms. The number of aromatic nitrogens is 4. The van der Waals surface area contributed by atoms with Gasteiger partial charge in [0, 0.05) is 63.1 Å². The molecule has 3 aliphatic rings. The van der Waals surface area contributed by atoms with E-state index in [9.17, 15) is 5.11 Å². The highest BCUT2D eigenvalue weighted by molar-refractivity contribution is 5.37. The van der Waals surface area contributed by atoms with Gasteiger partial charge in [-0.05, 0) is 31.7 Å². The molecule has 2 aromatic heterocycles. The van der Waals surface area contributed by atoms with E-state index in [2.05, 4.69) is 25.9 Å². The molecule has 26 heavy (non-hydrogen) atoms. The number of anilines is 1. The van der Waals surface area contributed by atoms with Gasteiger partial charge in [-0.2, -0.15) is 5.10 Å². The van der Waals surface area contributed by atoms with Gasteiger partial charge in [0.2, 0.25) is 5.95 Å². The van der Waals surface area contributed by atoms with Crippen molar-refractivity contribution in [1.29, 1.82) is 0 Å². The van der Waals surface area contributed by atoms with Gasteiger partial charge in [0.05, 0.1) is 17.5 Å². The largest absolute Gasteiger partial charge is 0.391 e. The summed E-state index contributed by atoms with van der Waals surface area (Å²) in [4.78, 5) is 14.3.